The SMILES string of the molecule is Cl.Cn1nnc2cc(C(=O)N3CCNCC3c3cccnc3)ccc21. The number of hydrogen-bond donors (Lipinski definition) is 1. The highest BCUT2D eigenvalue weighted by Gasteiger charge is 2.29. The Kier molecular flexibility index (Phi) is 4.96. The average Bonchev–Trinajstić information content (AvgIpc) is 3.02. The lowest BCUT2D eigenvalue weighted by Gasteiger charge is -2.36. The summed E-state index contributed by atoms with van der Waals surface area (Å²) < 4.78 is 1.70. The molecule has 2 aromatic heterocycles. The molecule has 0 spiro atoms. The number of rotatable bonds is 2. The number of hydrogen-bond acceptors (Lipinski definition) is 5. The van der Waals surface area contributed by atoms with Crippen LogP contribution in [0, 0.1) is 0 Å². The summed E-state index contributed by atoms with van der Waals surface area (Å²) in [5.41, 5.74) is 3.32. The highest BCUT2D eigenvalue weighted by Crippen LogP contribution is 2.24. The summed E-state index contributed by atoms with van der Waals surface area (Å²) in [6.07, 6.45) is 3.57. The fourth-order valence-corrected chi connectivity index (χ4v) is 3.16. The molecule has 1 aromatic carbocycles. The molecule has 130 valence electrons. The standard InChI is InChI=1S/C17H18N6O.ClH/c1-22-15-5-4-12(9-14(15)20-21-22)17(24)23-8-7-19-11-16(23)13-3-2-6-18-10-13;/h2-6,9-10,16,19H,7-8,11H2,1H3;1H. The van der Waals surface area contributed by atoms with Gasteiger partial charge < -0.3 is 10.2 Å². The number of halogens is 1. The Balaban J connectivity index is 0.00000182. The van der Waals surface area contributed by atoms with Crippen LogP contribution in [0.3, 0.4) is 0 Å². The molecule has 3 heterocycles. The van der Waals surface area contributed by atoms with Crippen molar-refractivity contribution in [2.45, 2.75) is 6.04 Å². The molecule has 4 rings (SSSR count). The first-order valence-electron chi connectivity index (χ1n) is 7.95. The minimum absolute atomic E-state index is 0. The van der Waals surface area contributed by atoms with Crippen LogP contribution in [0.15, 0.2) is 42.7 Å². The van der Waals surface area contributed by atoms with Crippen LogP contribution in [-0.4, -0.2) is 50.4 Å². The number of piperazine rings is 1. The second kappa shape index (κ2) is 7.16. The van der Waals surface area contributed by atoms with Crippen LogP contribution in [0.4, 0.5) is 0 Å². The van der Waals surface area contributed by atoms with Crippen molar-refractivity contribution in [1.29, 1.82) is 0 Å². The van der Waals surface area contributed by atoms with Crippen molar-refractivity contribution in [1.82, 2.24) is 30.2 Å². The number of nitrogens with zero attached hydrogens (tertiary/aromatic N) is 5. The minimum atomic E-state index is -0.0162. The Morgan fingerprint density at radius 1 is 1.32 bits per heavy atom. The lowest BCUT2D eigenvalue weighted by molar-refractivity contribution is 0.0634. The molecule has 0 radical (unpaired) electrons. The molecule has 1 saturated heterocycles. The average molecular weight is 359 g/mol. The van der Waals surface area contributed by atoms with Gasteiger partial charge in [0.05, 0.1) is 11.6 Å². The van der Waals surface area contributed by atoms with Gasteiger partial charge in [0.25, 0.3) is 5.91 Å². The molecule has 3 aromatic rings. The summed E-state index contributed by atoms with van der Waals surface area (Å²) in [4.78, 5) is 19.1. The molecule has 8 heteroatoms. The van der Waals surface area contributed by atoms with Crippen LogP contribution in [0.5, 0.6) is 0 Å². The Labute approximate surface area is 151 Å². The van der Waals surface area contributed by atoms with Crippen LogP contribution in [0.1, 0.15) is 22.0 Å². The Bertz CT molecular complexity index is 881. The van der Waals surface area contributed by atoms with Crippen molar-refractivity contribution in [3.05, 3.63) is 53.9 Å². The van der Waals surface area contributed by atoms with E-state index in [1.807, 2.05) is 48.5 Å². The van der Waals surface area contributed by atoms with Crippen molar-refractivity contribution in [2.75, 3.05) is 19.6 Å². The molecule has 1 fully saturated rings. The molecule has 25 heavy (non-hydrogen) atoms. The van der Waals surface area contributed by atoms with Gasteiger partial charge in [-0.2, -0.15) is 0 Å². The first-order chi connectivity index (χ1) is 11.7. The number of carbonyl (C=O) groups is 1. The maximum atomic E-state index is 13.1. The number of amides is 1. The van der Waals surface area contributed by atoms with E-state index in [0.717, 1.165) is 29.7 Å². The van der Waals surface area contributed by atoms with Gasteiger partial charge in [0.1, 0.15) is 5.52 Å². The molecular weight excluding hydrogens is 340 g/mol. The molecular formula is C17H19ClN6O. The molecule has 0 bridgehead atoms. The van der Waals surface area contributed by atoms with Gasteiger partial charge in [-0.3, -0.25) is 9.78 Å². The summed E-state index contributed by atoms with van der Waals surface area (Å²) >= 11 is 0. The number of fused-ring (bicyclic) bond motifs is 1. The third-order valence-electron chi connectivity index (χ3n) is 4.43. The van der Waals surface area contributed by atoms with E-state index in [-0.39, 0.29) is 24.4 Å². The van der Waals surface area contributed by atoms with Gasteiger partial charge >= 0.3 is 0 Å². The lowest BCUT2D eigenvalue weighted by Crippen LogP contribution is -2.48. The van der Waals surface area contributed by atoms with Gasteiger partial charge in [0.15, 0.2) is 0 Å². The Morgan fingerprint density at radius 2 is 2.20 bits per heavy atom. The first-order valence-corrected chi connectivity index (χ1v) is 7.95. The zero-order valence-corrected chi connectivity index (χ0v) is 14.6. The van der Waals surface area contributed by atoms with E-state index < -0.39 is 0 Å². The number of pyridine rings is 1. The van der Waals surface area contributed by atoms with Crippen molar-refractivity contribution < 1.29 is 4.79 Å². The highest BCUT2D eigenvalue weighted by molar-refractivity contribution is 5.97. The van der Waals surface area contributed by atoms with E-state index in [9.17, 15) is 4.79 Å². The zero-order chi connectivity index (χ0) is 16.5. The molecule has 1 unspecified atom stereocenters. The zero-order valence-electron chi connectivity index (χ0n) is 13.8. The second-order valence-electron chi connectivity index (χ2n) is 5.92. The van der Waals surface area contributed by atoms with Gasteiger partial charge in [0.2, 0.25) is 0 Å². The number of carbonyl (C=O) groups excluding carboxylic acids is 1. The van der Waals surface area contributed by atoms with Crippen molar-refractivity contribution in [3.8, 4) is 0 Å². The smallest absolute Gasteiger partial charge is 0.254 e. The predicted molar refractivity (Wildman–Crippen MR) is 96.6 cm³/mol. The number of aromatic nitrogens is 4. The summed E-state index contributed by atoms with van der Waals surface area (Å²) in [5, 5.41) is 11.5. The Hall–Kier alpha value is -2.51. The molecule has 0 saturated carbocycles. The van der Waals surface area contributed by atoms with Crippen molar-refractivity contribution in [3.63, 3.8) is 0 Å². The van der Waals surface area contributed by atoms with Gasteiger partial charge in [-0.1, -0.05) is 11.3 Å². The molecule has 1 aliphatic rings. The quantitative estimate of drug-likeness (QED) is 0.752. The molecule has 1 aliphatic heterocycles. The van der Waals surface area contributed by atoms with E-state index in [1.165, 1.54) is 0 Å². The third kappa shape index (κ3) is 3.20. The monoisotopic (exact) mass is 358 g/mol. The second-order valence-corrected chi connectivity index (χ2v) is 5.92. The number of aryl methyl sites for hydroxylation is 1. The van der Waals surface area contributed by atoms with Crippen molar-refractivity contribution in [2.24, 2.45) is 7.05 Å². The maximum absolute atomic E-state index is 13.1. The summed E-state index contributed by atoms with van der Waals surface area (Å²) in [7, 11) is 1.84. The van der Waals surface area contributed by atoms with Gasteiger partial charge in [-0.15, -0.1) is 17.5 Å². The fraction of sp³-hybridized carbons (Fsp3) is 0.294. The van der Waals surface area contributed by atoms with E-state index in [1.54, 1.807) is 10.9 Å². The van der Waals surface area contributed by atoms with E-state index in [2.05, 4.69) is 20.6 Å². The summed E-state index contributed by atoms with van der Waals surface area (Å²) in [6.45, 7) is 2.18. The van der Waals surface area contributed by atoms with Crippen molar-refractivity contribution >= 4 is 29.3 Å². The van der Waals surface area contributed by atoms with Gasteiger partial charge in [-0.05, 0) is 29.8 Å². The lowest BCUT2D eigenvalue weighted by atomic mass is 10.0. The molecule has 0 aliphatic carbocycles. The van der Waals surface area contributed by atoms with E-state index >= 15 is 0 Å². The molecule has 1 amide bonds. The predicted octanol–water partition coefficient (Wildman–Crippen LogP) is 1.57. The fourth-order valence-electron chi connectivity index (χ4n) is 3.16. The third-order valence-corrected chi connectivity index (χ3v) is 4.43. The first kappa shape index (κ1) is 17.3. The van der Waals surface area contributed by atoms with Crippen LogP contribution < -0.4 is 5.32 Å². The largest absolute Gasteiger partial charge is 0.329 e. The van der Waals surface area contributed by atoms with Gasteiger partial charge in [0, 0.05) is 44.6 Å². The van der Waals surface area contributed by atoms with E-state index in [4.69, 9.17) is 0 Å². The summed E-state index contributed by atoms with van der Waals surface area (Å²) in [6, 6.07) is 9.44. The van der Waals surface area contributed by atoms with Crippen LogP contribution in [-0.2, 0) is 7.05 Å². The topological polar surface area (TPSA) is 75.9 Å². The molecule has 1 atom stereocenters. The van der Waals surface area contributed by atoms with Crippen LogP contribution >= 0.6 is 12.4 Å². The molecule has 7 nitrogen and oxygen atoms in total. The van der Waals surface area contributed by atoms with Crippen LogP contribution in [0.2, 0.25) is 0 Å². The van der Waals surface area contributed by atoms with E-state index in [0.29, 0.717) is 12.1 Å². The Morgan fingerprint density at radius 3 is 3.00 bits per heavy atom. The number of benzene rings is 1. The highest BCUT2D eigenvalue weighted by atomic mass is 35.5. The molecule has 1 N–H and O–H groups in total. The maximum Gasteiger partial charge on any atom is 0.254 e. The normalized spacial score (nSPS) is 17.3. The van der Waals surface area contributed by atoms with Crippen LogP contribution in [0.25, 0.3) is 11.0 Å². The summed E-state index contributed by atoms with van der Waals surface area (Å²) in [5.74, 6) is 0.0120. The number of nitrogens with one attached hydrogen (secondary N) is 1. The van der Waals surface area contributed by atoms with Gasteiger partial charge in [-0.25, -0.2) is 4.68 Å². The minimum Gasteiger partial charge on any atom is -0.329 e.